The van der Waals surface area contributed by atoms with Gasteiger partial charge in [-0.3, -0.25) is 0 Å². The number of benzene rings is 2. The number of phenols is 1. The predicted octanol–water partition coefficient (Wildman–Crippen LogP) is 3.31. The molecule has 27 heavy (non-hydrogen) atoms. The van der Waals surface area contributed by atoms with Crippen LogP contribution < -0.4 is 15.4 Å². The largest absolute Gasteiger partial charge is 0.504 e. The second-order valence-corrected chi connectivity index (χ2v) is 6.57. The van der Waals surface area contributed by atoms with Crippen molar-refractivity contribution in [2.24, 2.45) is 10.7 Å². The number of methoxy groups -OCH3 is 1. The highest BCUT2D eigenvalue weighted by Gasteiger charge is 2.18. The zero-order valence-electron chi connectivity index (χ0n) is 15.1. The van der Waals surface area contributed by atoms with Crippen molar-refractivity contribution in [1.29, 1.82) is 0 Å². The maximum atomic E-state index is 9.83. The Balaban J connectivity index is 0.00000261. The monoisotopic (exact) mass is 502 g/mol. The number of halogens is 2. The third-order valence-electron chi connectivity index (χ3n) is 4.46. The molecule has 1 aliphatic rings. The molecule has 2 aromatic rings. The standard InChI is InChI=1S/C19H23ClN4O2.HI/c1-26-18-7-2-14(12-17(18)25)13-22-19(21)24-10-8-23(9-11-24)16-5-3-15(20)4-6-16;/h2-7,12,25H,8-11,13H2,1H3,(H2,21,22);1H. The summed E-state index contributed by atoms with van der Waals surface area (Å²) < 4.78 is 5.04. The number of aromatic hydroxyl groups is 1. The van der Waals surface area contributed by atoms with Crippen LogP contribution in [0.15, 0.2) is 47.5 Å². The van der Waals surface area contributed by atoms with Crippen molar-refractivity contribution in [3.8, 4) is 11.5 Å². The number of nitrogens with two attached hydrogens (primary N) is 1. The number of anilines is 1. The van der Waals surface area contributed by atoms with Gasteiger partial charge < -0.3 is 25.4 Å². The van der Waals surface area contributed by atoms with Crippen LogP contribution in [0.25, 0.3) is 0 Å². The van der Waals surface area contributed by atoms with Crippen molar-refractivity contribution in [2.75, 3.05) is 38.2 Å². The van der Waals surface area contributed by atoms with E-state index in [4.69, 9.17) is 22.1 Å². The molecule has 0 aliphatic carbocycles. The van der Waals surface area contributed by atoms with Crippen LogP contribution in [0.4, 0.5) is 5.69 Å². The van der Waals surface area contributed by atoms with Crippen molar-refractivity contribution in [3.63, 3.8) is 0 Å². The maximum Gasteiger partial charge on any atom is 0.191 e. The predicted molar refractivity (Wildman–Crippen MR) is 121 cm³/mol. The van der Waals surface area contributed by atoms with E-state index < -0.39 is 0 Å². The van der Waals surface area contributed by atoms with Crippen LogP contribution in [-0.4, -0.2) is 49.3 Å². The maximum absolute atomic E-state index is 9.83. The number of ether oxygens (including phenoxy) is 1. The lowest BCUT2D eigenvalue weighted by Crippen LogP contribution is -2.51. The third kappa shape index (κ3) is 5.55. The summed E-state index contributed by atoms with van der Waals surface area (Å²) in [5.41, 5.74) is 8.19. The number of piperazine rings is 1. The van der Waals surface area contributed by atoms with Gasteiger partial charge in [0.1, 0.15) is 0 Å². The van der Waals surface area contributed by atoms with Crippen molar-refractivity contribution in [3.05, 3.63) is 53.1 Å². The van der Waals surface area contributed by atoms with Crippen LogP contribution >= 0.6 is 35.6 Å². The lowest BCUT2D eigenvalue weighted by molar-refractivity contribution is 0.373. The summed E-state index contributed by atoms with van der Waals surface area (Å²) in [5, 5.41) is 10.6. The van der Waals surface area contributed by atoms with Gasteiger partial charge >= 0.3 is 0 Å². The minimum atomic E-state index is 0. The number of hydrogen-bond donors (Lipinski definition) is 2. The first kappa shape index (κ1) is 21.4. The van der Waals surface area contributed by atoms with Crippen LogP contribution in [-0.2, 0) is 6.54 Å². The summed E-state index contributed by atoms with van der Waals surface area (Å²) >= 11 is 5.95. The van der Waals surface area contributed by atoms with Gasteiger partial charge in [0.2, 0.25) is 0 Å². The van der Waals surface area contributed by atoms with E-state index in [-0.39, 0.29) is 29.7 Å². The zero-order chi connectivity index (χ0) is 18.5. The summed E-state index contributed by atoms with van der Waals surface area (Å²) in [6.45, 7) is 3.79. The normalized spacial score (nSPS) is 14.7. The molecule has 0 unspecified atom stereocenters. The molecule has 1 aliphatic heterocycles. The SMILES string of the molecule is COc1ccc(CN=C(N)N2CCN(c3ccc(Cl)cc3)CC2)cc1O.I. The average molecular weight is 503 g/mol. The van der Waals surface area contributed by atoms with E-state index in [1.165, 1.54) is 12.8 Å². The number of nitrogens with zero attached hydrogens (tertiary/aromatic N) is 3. The third-order valence-corrected chi connectivity index (χ3v) is 4.71. The molecule has 0 spiro atoms. The molecule has 8 heteroatoms. The van der Waals surface area contributed by atoms with Crippen LogP contribution in [0.2, 0.25) is 5.02 Å². The summed E-state index contributed by atoms with van der Waals surface area (Å²) in [7, 11) is 1.52. The summed E-state index contributed by atoms with van der Waals surface area (Å²) in [4.78, 5) is 8.84. The van der Waals surface area contributed by atoms with E-state index in [2.05, 4.69) is 14.8 Å². The first-order chi connectivity index (χ1) is 12.6. The van der Waals surface area contributed by atoms with E-state index in [1.54, 1.807) is 12.1 Å². The van der Waals surface area contributed by atoms with Gasteiger partial charge in [0.25, 0.3) is 0 Å². The fourth-order valence-electron chi connectivity index (χ4n) is 2.95. The molecular formula is C19H24ClIN4O2. The van der Waals surface area contributed by atoms with Gasteiger partial charge in [-0.15, -0.1) is 24.0 Å². The van der Waals surface area contributed by atoms with Gasteiger partial charge in [0.15, 0.2) is 17.5 Å². The van der Waals surface area contributed by atoms with Crippen molar-refractivity contribution >= 4 is 47.2 Å². The Morgan fingerprint density at radius 3 is 2.41 bits per heavy atom. The highest BCUT2D eigenvalue weighted by Crippen LogP contribution is 2.26. The molecule has 1 saturated heterocycles. The topological polar surface area (TPSA) is 74.3 Å². The molecule has 0 amide bonds. The molecule has 3 N–H and O–H groups in total. The van der Waals surface area contributed by atoms with Crippen molar-refractivity contribution < 1.29 is 9.84 Å². The van der Waals surface area contributed by atoms with Gasteiger partial charge in [0, 0.05) is 36.9 Å². The summed E-state index contributed by atoms with van der Waals surface area (Å²) in [6.07, 6.45) is 0. The molecule has 0 aromatic heterocycles. The van der Waals surface area contributed by atoms with Gasteiger partial charge in [-0.2, -0.15) is 0 Å². The highest BCUT2D eigenvalue weighted by molar-refractivity contribution is 14.0. The summed E-state index contributed by atoms with van der Waals surface area (Å²) in [5.74, 6) is 1.08. The molecule has 0 bridgehead atoms. The number of phenolic OH excluding ortho intramolecular Hbond substituents is 1. The highest BCUT2D eigenvalue weighted by atomic mass is 127. The second-order valence-electron chi connectivity index (χ2n) is 6.13. The second kappa shape index (κ2) is 9.89. The van der Waals surface area contributed by atoms with Crippen molar-refractivity contribution in [1.82, 2.24) is 4.90 Å². The molecule has 6 nitrogen and oxygen atoms in total. The fourth-order valence-corrected chi connectivity index (χ4v) is 3.08. The molecule has 1 heterocycles. The van der Waals surface area contributed by atoms with E-state index in [9.17, 15) is 5.11 Å². The van der Waals surface area contributed by atoms with Crippen LogP contribution in [0.1, 0.15) is 5.56 Å². The Morgan fingerprint density at radius 1 is 1.15 bits per heavy atom. The lowest BCUT2D eigenvalue weighted by Gasteiger charge is -2.36. The molecule has 146 valence electrons. The Bertz CT molecular complexity index is 778. The van der Waals surface area contributed by atoms with E-state index in [0.29, 0.717) is 18.3 Å². The van der Waals surface area contributed by atoms with Crippen LogP contribution in [0.5, 0.6) is 11.5 Å². The Kier molecular flexibility index (Phi) is 7.85. The molecule has 2 aromatic carbocycles. The zero-order valence-corrected chi connectivity index (χ0v) is 18.2. The van der Waals surface area contributed by atoms with Gasteiger partial charge in [-0.1, -0.05) is 17.7 Å². The number of guanidine groups is 1. The quantitative estimate of drug-likeness (QED) is 0.381. The Hall–Kier alpha value is -1.87. The number of hydrogen-bond acceptors (Lipinski definition) is 4. The van der Waals surface area contributed by atoms with Gasteiger partial charge in [-0.25, -0.2) is 4.99 Å². The van der Waals surface area contributed by atoms with Gasteiger partial charge in [0.05, 0.1) is 13.7 Å². The molecular weight excluding hydrogens is 479 g/mol. The molecule has 3 rings (SSSR count). The molecule has 0 atom stereocenters. The fraction of sp³-hybridized carbons (Fsp3) is 0.316. The molecule has 0 saturated carbocycles. The van der Waals surface area contributed by atoms with E-state index in [1.807, 2.05) is 30.3 Å². The number of rotatable bonds is 4. The number of aliphatic imine (C=N–C) groups is 1. The molecule has 1 fully saturated rings. The van der Waals surface area contributed by atoms with Crippen molar-refractivity contribution in [2.45, 2.75) is 6.54 Å². The Morgan fingerprint density at radius 2 is 1.81 bits per heavy atom. The van der Waals surface area contributed by atoms with E-state index >= 15 is 0 Å². The van der Waals surface area contributed by atoms with Gasteiger partial charge in [-0.05, 0) is 42.0 Å². The first-order valence-corrected chi connectivity index (χ1v) is 8.86. The van der Waals surface area contributed by atoms with Crippen LogP contribution in [0, 0.1) is 0 Å². The smallest absolute Gasteiger partial charge is 0.191 e. The average Bonchev–Trinajstić information content (AvgIpc) is 2.67. The summed E-state index contributed by atoms with van der Waals surface area (Å²) in [6, 6.07) is 13.1. The minimum Gasteiger partial charge on any atom is -0.504 e. The van der Waals surface area contributed by atoms with Crippen LogP contribution in [0.3, 0.4) is 0 Å². The van der Waals surface area contributed by atoms with E-state index in [0.717, 1.165) is 36.8 Å². The lowest BCUT2D eigenvalue weighted by atomic mass is 10.2. The minimum absolute atomic E-state index is 0. The first-order valence-electron chi connectivity index (χ1n) is 8.48. The molecule has 0 radical (unpaired) electrons. The Labute approximate surface area is 181 Å².